The number of unbranched alkanes of at least 4 members (excludes halogenated alkanes) is 2. The SMILES string of the molecule is CCCCCC(=O)Nc1ccc2c(c1)CC1CCC(C2)C1NS(=O)(=O)c1ccccc1. The molecule has 0 heterocycles. The van der Waals surface area contributed by atoms with Gasteiger partial charge in [-0.2, -0.15) is 0 Å². The van der Waals surface area contributed by atoms with Gasteiger partial charge in [-0.3, -0.25) is 4.79 Å². The van der Waals surface area contributed by atoms with E-state index in [-0.39, 0.29) is 17.9 Å². The number of sulfonamides is 1. The van der Waals surface area contributed by atoms with Gasteiger partial charge in [-0.1, -0.05) is 44.0 Å². The van der Waals surface area contributed by atoms with Crippen molar-refractivity contribution < 1.29 is 13.2 Å². The third-order valence-corrected chi connectivity index (χ3v) is 8.21. The first-order valence-corrected chi connectivity index (χ1v) is 12.9. The maximum atomic E-state index is 12.9. The van der Waals surface area contributed by atoms with Gasteiger partial charge in [0.2, 0.25) is 15.9 Å². The molecule has 2 bridgehead atoms. The Kier molecular flexibility index (Phi) is 6.77. The number of nitrogens with one attached hydrogen (secondary N) is 2. The summed E-state index contributed by atoms with van der Waals surface area (Å²) >= 11 is 0. The molecule has 5 nitrogen and oxygen atoms in total. The molecule has 0 spiro atoms. The summed E-state index contributed by atoms with van der Waals surface area (Å²) in [4.78, 5) is 12.5. The quantitative estimate of drug-likeness (QED) is 0.586. The molecule has 0 saturated heterocycles. The highest BCUT2D eigenvalue weighted by Gasteiger charge is 2.41. The Balaban J connectivity index is 1.47. The van der Waals surface area contributed by atoms with E-state index in [1.807, 2.05) is 12.1 Å². The second-order valence-electron chi connectivity index (χ2n) is 8.95. The highest BCUT2D eigenvalue weighted by Crippen LogP contribution is 2.41. The minimum absolute atomic E-state index is 0.0512. The van der Waals surface area contributed by atoms with Crippen LogP contribution in [0.2, 0.25) is 0 Å². The molecular weight excluding hydrogens is 408 g/mol. The van der Waals surface area contributed by atoms with Gasteiger partial charge in [0, 0.05) is 18.2 Å². The number of anilines is 1. The van der Waals surface area contributed by atoms with Crippen LogP contribution in [0.4, 0.5) is 5.69 Å². The van der Waals surface area contributed by atoms with E-state index in [0.717, 1.165) is 50.6 Å². The number of carbonyl (C=O) groups excluding carboxylic acids is 1. The highest BCUT2D eigenvalue weighted by atomic mass is 32.2. The number of amides is 1. The lowest BCUT2D eigenvalue weighted by Gasteiger charge is -2.23. The molecule has 6 heteroatoms. The fraction of sp³-hybridized carbons (Fsp3) is 0.480. The average molecular weight is 441 g/mol. The smallest absolute Gasteiger partial charge is 0.240 e. The third-order valence-electron chi connectivity index (χ3n) is 6.73. The van der Waals surface area contributed by atoms with Crippen LogP contribution in [0.3, 0.4) is 0 Å². The van der Waals surface area contributed by atoms with E-state index >= 15 is 0 Å². The monoisotopic (exact) mass is 440 g/mol. The van der Waals surface area contributed by atoms with E-state index in [1.54, 1.807) is 24.3 Å². The van der Waals surface area contributed by atoms with Gasteiger partial charge in [-0.05, 0) is 79.3 Å². The number of hydrogen-bond acceptors (Lipinski definition) is 3. The number of carbonyl (C=O) groups is 1. The Morgan fingerprint density at radius 2 is 1.68 bits per heavy atom. The lowest BCUT2D eigenvalue weighted by molar-refractivity contribution is -0.116. The van der Waals surface area contributed by atoms with Gasteiger partial charge in [-0.25, -0.2) is 13.1 Å². The maximum absolute atomic E-state index is 12.9. The van der Waals surface area contributed by atoms with Gasteiger partial charge in [0.1, 0.15) is 0 Å². The Labute approximate surface area is 185 Å². The van der Waals surface area contributed by atoms with E-state index in [0.29, 0.717) is 17.2 Å². The van der Waals surface area contributed by atoms with Gasteiger partial charge in [0.15, 0.2) is 0 Å². The van der Waals surface area contributed by atoms with Gasteiger partial charge in [0.05, 0.1) is 4.90 Å². The molecule has 1 amide bonds. The number of benzene rings is 2. The second kappa shape index (κ2) is 9.53. The summed E-state index contributed by atoms with van der Waals surface area (Å²) in [6.45, 7) is 2.13. The van der Waals surface area contributed by atoms with Crippen molar-refractivity contribution >= 4 is 21.6 Å². The zero-order valence-electron chi connectivity index (χ0n) is 18.1. The largest absolute Gasteiger partial charge is 0.326 e. The van der Waals surface area contributed by atoms with Crippen LogP contribution in [0.1, 0.15) is 56.6 Å². The Bertz CT molecular complexity index is 1020. The number of rotatable bonds is 8. The summed E-state index contributed by atoms with van der Waals surface area (Å²) in [6, 6.07) is 14.8. The van der Waals surface area contributed by atoms with E-state index in [9.17, 15) is 13.2 Å². The minimum Gasteiger partial charge on any atom is -0.326 e. The van der Waals surface area contributed by atoms with Crippen molar-refractivity contribution in [2.75, 3.05) is 5.32 Å². The Morgan fingerprint density at radius 1 is 0.968 bits per heavy atom. The van der Waals surface area contributed by atoms with Crippen molar-refractivity contribution in [3.05, 3.63) is 59.7 Å². The molecule has 2 aromatic rings. The Morgan fingerprint density at radius 3 is 2.39 bits per heavy atom. The van der Waals surface area contributed by atoms with Gasteiger partial charge >= 0.3 is 0 Å². The summed E-state index contributed by atoms with van der Waals surface area (Å²) in [6.07, 6.45) is 7.43. The first kappa shape index (κ1) is 22.0. The fourth-order valence-corrected chi connectivity index (χ4v) is 6.48. The molecule has 0 radical (unpaired) electrons. The molecule has 166 valence electrons. The summed E-state index contributed by atoms with van der Waals surface area (Å²) in [5.41, 5.74) is 3.36. The molecule has 1 saturated carbocycles. The van der Waals surface area contributed by atoms with Crippen molar-refractivity contribution in [3.8, 4) is 0 Å². The lowest BCUT2D eigenvalue weighted by atomic mass is 9.93. The molecule has 2 N–H and O–H groups in total. The van der Waals surface area contributed by atoms with Crippen molar-refractivity contribution in [1.29, 1.82) is 0 Å². The predicted molar refractivity (Wildman–Crippen MR) is 123 cm³/mol. The molecule has 3 atom stereocenters. The third kappa shape index (κ3) is 5.18. The van der Waals surface area contributed by atoms with Crippen LogP contribution in [-0.4, -0.2) is 20.4 Å². The van der Waals surface area contributed by atoms with Crippen LogP contribution in [0, 0.1) is 11.8 Å². The van der Waals surface area contributed by atoms with E-state index in [1.165, 1.54) is 11.1 Å². The molecule has 2 aromatic carbocycles. The van der Waals surface area contributed by atoms with Gasteiger partial charge in [-0.15, -0.1) is 0 Å². The molecule has 3 unspecified atom stereocenters. The molecular formula is C25H32N2O3S. The van der Waals surface area contributed by atoms with Crippen molar-refractivity contribution in [3.63, 3.8) is 0 Å². The fourth-order valence-electron chi connectivity index (χ4n) is 5.09. The van der Waals surface area contributed by atoms with Crippen molar-refractivity contribution in [2.24, 2.45) is 11.8 Å². The zero-order chi connectivity index (χ0) is 21.8. The standard InChI is InChI=1S/C25H32N2O3S/c1-2-3-5-10-24(28)26-22-14-13-18-15-19-11-12-20(16-21(18)17-22)25(19)27-31(29,30)23-8-6-4-7-9-23/h4,6-9,13-14,17,19-20,25,27H,2-3,5,10-12,15-16H2,1H3,(H,26,28). The summed E-state index contributed by atoms with van der Waals surface area (Å²) in [5, 5.41) is 3.04. The van der Waals surface area contributed by atoms with Crippen LogP contribution in [0.25, 0.3) is 0 Å². The van der Waals surface area contributed by atoms with Crippen LogP contribution < -0.4 is 10.0 Å². The topological polar surface area (TPSA) is 75.3 Å². The first-order valence-electron chi connectivity index (χ1n) is 11.5. The molecule has 2 aliphatic rings. The van der Waals surface area contributed by atoms with E-state index < -0.39 is 10.0 Å². The lowest BCUT2D eigenvalue weighted by Crippen LogP contribution is -2.41. The number of hydrogen-bond donors (Lipinski definition) is 2. The van der Waals surface area contributed by atoms with Crippen LogP contribution in [0.5, 0.6) is 0 Å². The molecule has 0 aliphatic heterocycles. The van der Waals surface area contributed by atoms with Crippen molar-refractivity contribution in [1.82, 2.24) is 4.72 Å². The van der Waals surface area contributed by atoms with E-state index in [2.05, 4.69) is 29.1 Å². The minimum atomic E-state index is -3.53. The molecule has 2 aliphatic carbocycles. The molecule has 4 rings (SSSR count). The summed E-state index contributed by atoms with van der Waals surface area (Å²) < 4.78 is 28.9. The van der Waals surface area contributed by atoms with Crippen LogP contribution in [0.15, 0.2) is 53.4 Å². The second-order valence-corrected chi connectivity index (χ2v) is 10.7. The van der Waals surface area contributed by atoms with E-state index in [4.69, 9.17) is 0 Å². The van der Waals surface area contributed by atoms with Crippen LogP contribution >= 0.6 is 0 Å². The molecule has 0 aromatic heterocycles. The molecule has 1 fully saturated rings. The van der Waals surface area contributed by atoms with Gasteiger partial charge < -0.3 is 5.32 Å². The van der Waals surface area contributed by atoms with Crippen LogP contribution in [-0.2, 0) is 27.7 Å². The molecule has 31 heavy (non-hydrogen) atoms. The predicted octanol–water partition coefficient (Wildman–Crippen LogP) is 4.68. The maximum Gasteiger partial charge on any atom is 0.240 e. The summed E-state index contributed by atoms with van der Waals surface area (Å²) in [5.74, 6) is 0.650. The van der Waals surface area contributed by atoms with Gasteiger partial charge in [0.25, 0.3) is 0 Å². The summed E-state index contributed by atoms with van der Waals surface area (Å²) in [7, 11) is -3.53. The highest BCUT2D eigenvalue weighted by molar-refractivity contribution is 7.89. The Hall–Kier alpha value is -2.18. The normalized spacial score (nSPS) is 22.5. The average Bonchev–Trinajstić information content (AvgIpc) is 3.02. The number of fused-ring (bicyclic) bond motifs is 3. The van der Waals surface area contributed by atoms with Crippen molar-refractivity contribution in [2.45, 2.75) is 69.2 Å². The zero-order valence-corrected chi connectivity index (χ0v) is 19.0. The first-order chi connectivity index (χ1) is 15.0.